The number of hydrogen-bond donors (Lipinski definition) is 2. The predicted octanol–water partition coefficient (Wildman–Crippen LogP) is 1.88. The number of unbranched alkanes of at least 4 members (excludes halogenated alkanes) is 1. The second-order valence-corrected chi connectivity index (χ2v) is 5.21. The molecule has 1 fully saturated rings. The Balaban J connectivity index is 1.93. The van der Waals surface area contributed by atoms with Crippen molar-refractivity contribution >= 4 is 11.6 Å². The normalized spacial score (nSPS) is 16.3. The summed E-state index contributed by atoms with van der Waals surface area (Å²) in [5.41, 5.74) is 0. The first-order valence-corrected chi connectivity index (χ1v) is 7.30. The molecule has 0 spiro atoms. The lowest BCUT2D eigenvalue weighted by Gasteiger charge is -2.25. The average Bonchev–Trinajstić information content (AvgIpc) is 2.46. The molecule has 0 saturated carbocycles. The number of nitrogens with one attached hydrogen (secondary N) is 2. The van der Waals surface area contributed by atoms with Crippen molar-refractivity contribution in [3.8, 4) is 0 Å². The Labute approximate surface area is 115 Å². The molecule has 1 aromatic heterocycles. The number of nitrogens with zero attached hydrogens (tertiary/aromatic N) is 3. The van der Waals surface area contributed by atoms with E-state index >= 15 is 0 Å². The van der Waals surface area contributed by atoms with Crippen LogP contribution in [0.4, 0.5) is 11.6 Å². The van der Waals surface area contributed by atoms with Crippen molar-refractivity contribution in [2.45, 2.75) is 38.6 Å². The van der Waals surface area contributed by atoms with E-state index in [1.807, 2.05) is 0 Å². The SMILES string of the molecule is CCCCN(C)c1cc(NC2CCNCC2)ncn1. The molecule has 0 unspecified atom stereocenters. The minimum Gasteiger partial charge on any atom is -0.367 e. The largest absolute Gasteiger partial charge is 0.367 e. The maximum Gasteiger partial charge on any atom is 0.133 e. The highest BCUT2D eigenvalue weighted by Gasteiger charge is 2.13. The van der Waals surface area contributed by atoms with Gasteiger partial charge in [0.2, 0.25) is 0 Å². The van der Waals surface area contributed by atoms with Crippen LogP contribution in [-0.4, -0.2) is 42.7 Å². The van der Waals surface area contributed by atoms with Gasteiger partial charge in [-0.25, -0.2) is 9.97 Å². The summed E-state index contributed by atoms with van der Waals surface area (Å²) >= 11 is 0. The molecule has 1 aliphatic heterocycles. The van der Waals surface area contributed by atoms with Gasteiger partial charge in [0.15, 0.2) is 0 Å². The number of piperidine rings is 1. The van der Waals surface area contributed by atoms with Gasteiger partial charge in [-0.05, 0) is 32.4 Å². The maximum atomic E-state index is 4.35. The van der Waals surface area contributed by atoms with Gasteiger partial charge in [-0.1, -0.05) is 13.3 Å². The summed E-state index contributed by atoms with van der Waals surface area (Å²) in [4.78, 5) is 10.9. The minimum atomic E-state index is 0.532. The molecule has 0 aliphatic carbocycles. The molecule has 5 heteroatoms. The van der Waals surface area contributed by atoms with E-state index in [0.717, 1.165) is 44.1 Å². The van der Waals surface area contributed by atoms with Crippen LogP contribution < -0.4 is 15.5 Å². The van der Waals surface area contributed by atoms with E-state index in [1.165, 1.54) is 12.8 Å². The molecule has 0 atom stereocenters. The van der Waals surface area contributed by atoms with E-state index in [1.54, 1.807) is 6.33 Å². The van der Waals surface area contributed by atoms with Gasteiger partial charge in [0.1, 0.15) is 18.0 Å². The molecule has 5 nitrogen and oxygen atoms in total. The molecular weight excluding hydrogens is 238 g/mol. The smallest absolute Gasteiger partial charge is 0.133 e. The van der Waals surface area contributed by atoms with Gasteiger partial charge < -0.3 is 15.5 Å². The van der Waals surface area contributed by atoms with E-state index in [2.05, 4.69) is 45.5 Å². The zero-order chi connectivity index (χ0) is 13.5. The fraction of sp³-hybridized carbons (Fsp3) is 0.714. The summed E-state index contributed by atoms with van der Waals surface area (Å²) in [6, 6.07) is 2.59. The summed E-state index contributed by atoms with van der Waals surface area (Å²) < 4.78 is 0. The zero-order valence-electron chi connectivity index (χ0n) is 12.0. The Morgan fingerprint density at radius 3 is 2.89 bits per heavy atom. The van der Waals surface area contributed by atoms with Crippen molar-refractivity contribution in [3.05, 3.63) is 12.4 Å². The number of anilines is 2. The van der Waals surface area contributed by atoms with Crippen LogP contribution in [0.1, 0.15) is 32.6 Å². The molecule has 0 amide bonds. The Bertz CT molecular complexity index is 376. The van der Waals surface area contributed by atoms with Gasteiger partial charge in [0.05, 0.1) is 0 Å². The number of aromatic nitrogens is 2. The van der Waals surface area contributed by atoms with Gasteiger partial charge in [-0.3, -0.25) is 0 Å². The van der Waals surface area contributed by atoms with Crippen LogP contribution in [0.2, 0.25) is 0 Å². The highest BCUT2D eigenvalue weighted by Crippen LogP contribution is 2.16. The Hall–Kier alpha value is -1.36. The molecule has 1 aliphatic rings. The monoisotopic (exact) mass is 263 g/mol. The fourth-order valence-electron chi connectivity index (χ4n) is 2.32. The highest BCUT2D eigenvalue weighted by molar-refractivity contribution is 5.48. The van der Waals surface area contributed by atoms with Crippen molar-refractivity contribution in [2.75, 3.05) is 36.9 Å². The summed E-state index contributed by atoms with van der Waals surface area (Å²) in [7, 11) is 2.09. The molecular formula is C14H25N5. The quantitative estimate of drug-likeness (QED) is 0.820. The summed E-state index contributed by atoms with van der Waals surface area (Å²) in [5.74, 6) is 1.94. The van der Waals surface area contributed by atoms with Crippen molar-refractivity contribution in [3.63, 3.8) is 0 Å². The average molecular weight is 263 g/mol. The van der Waals surface area contributed by atoms with Crippen LogP contribution in [0.3, 0.4) is 0 Å². The van der Waals surface area contributed by atoms with Gasteiger partial charge in [0, 0.05) is 25.7 Å². The molecule has 2 N–H and O–H groups in total. The maximum absolute atomic E-state index is 4.35. The third kappa shape index (κ3) is 4.35. The molecule has 106 valence electrons. The first-order valence-electron chi connectivity index (χ1n) is 7.30. The van der Waals surface area contributed by atoms with Crippen LogP contribution in [0.15, 0.2) is 12.4 Å². The van der Waals surface area contributed by atoms with Crippen molar-refractivity contribution in [1.82, 2.24) is 15.3 Å². The minimum absolute atomic E-state index is 0.532. The van der Waals surface area contributed by atoms with Crippen LogP contribution in [0, 0.1) is 0 Å². The van der Waals surface area contributed by atoms with Crippen molar-refractivity contribution in [1.29, 1.82) is 0 Å². The van der Waals surface area contributed by atoms with E-state index in [-0.39, 0.29) is 0 Å². The summed E-state index contributed by atoms with van der Waals surface area (Å²) in [6.07, 6.45) is 6.37. The standard InChI is InChI=1S/C14H25N5/c1-3-4-9-19(2)14-10-13(16-11-17-14)18-12-5-7-15-8-6-12/h10-12,15H,3-9H2,1-2H3,(H,16,17,18). The molecule has 0 bridgehead atoms. The summed E-state index contributed by atoms with van der Waals surface area (Å²) in [6.45, 7) is 5.43. The Kier molecular flexibility index (Phi) is 5.39. The number of hydrogen-bond acceptors (Lipinski definition) is 5. The molecule has 2 heterocycles. The van der Waals surface area contributed by atoms with Gasteiger partial charge >= 0.3 is 0 Å². The van der Waals surface area contributed by atoms with Crippen LogP contribution in [0.25, 0.3) is 0 Å². The topological polar surface area (TPSA) is 53.1 Å². The zero-order valence-corrected chi connectivity index (χ0v) is 12.0. The van der Waals surface area contributed by atoms with E-state index < -0.39 is 0 Å². The second kappa shape index (κ2) is 7.28. The van der Waals surface area contributed by atoms with Gasteiger partial charge in [-0.15, -0.1) is 0 Å². The lowest BCUT2D eigenvalue weighted by molar-refractivity contribution is 0.478. The predicted molar refractivity (Wildman–Crippen MR) is 79.7 cm³/mol. The van der Waals surface area contributed by atoms with E-state index in [9.17, 15) is 0 Å². The first kappa shape index (κ1) is 14.1. The summed E-state index contributed by atoms with van der Waals surface area (Å²) in [5, 5.41) is 6.89. The fourth-order valence-corrected chi connectivity index (χ4v) is 2.32. The van der Waals surface area contributed by atoms with E-state index in [0.29, 0.717) is 6.04 Å². The van der Waals surface area contributed by atoms with Crippen molar-refractivity contribution in [2.24, 2.45) is 0 Å². The third-order valence-electron chi connectivity index (χ3n) is 3.58. The third-order valence-corrected chi connectivity index (χ3v) is 3.58. The van der Waals surface area contributed by atoms with Crippen molar-refractivity contribution < 1.29 is 0 Å². The molecule has 0 aromatic carbocycles. The molecule has 1 aromatic rings. The van der Waals surface area contributed by atoms with E-state index in [4.69, 9.17) is 0 Å². The van der Waals surface area contributed by atoms with Crippen LogP contribution in [0.5, 0.6) is 0 Å². The van der Waals surface area contributed by atoms with Crippen LogP contribution in [-0.2, 0) is 0 Å². The molecule has 1 saturated heterocycles. The molecule has 2 rings (SSSR count). The van der Waals surface area contributed by atoms with Gasteiger partial charge in [0.25, 0.3) is 0 Å². The Morgan fingerprint density at radius 2 is 2.16 bits per heavy atom. The lowest BCUT2D eigenvalue weighted by atomic mass is 10.1. The highest BCUT2D eigenvalue weighted by atomic mass is 15.2. The Morgan fingerprint density at radius 1 is 1.37 bits per heavy atom. The lowest BCUT2D eigenvalue weighted by Crippen LogP contribution is -2.35. The molecule has 19 heavy (non-hydrogen) atoms. The molecule has 0 radical (unpaired) electrons. The number of rotatable bonds is 6. The second-order valence-electron chi connectivity index (χ2n) is 5.21. The first-order chi connectivity index (χ1) is 9.29. The van der Waals surface area contributed by atoms with Gasteiger partial charge in [-0.2, -0.15) is 0 Å². The van der Waals surface area contributed by atoms with Crippen LogP contribution >= 0.6 is 0 Å².